The lowest BCUT2D eigenvalue weighted by molar-refractivity contribution is -0.125. The highest BCUT2D eigenvalue weighted by molar-refractivity contribution is 5.82. The molecule has 110 valence electrons. The molecule has 0 aromatic heterocycles. The summed E-state index contributed by atoms with van der Waals surface area (Å²) in [6.07, 6.45) is -0.220. The van der Waals surface area contributed by atoms with Crippen LogP contribution in [-0.2, 0) is 11.2 Å². The zero-order valence-electron chi connectivity index (χ0n) is 11.6. The van der Waals surface area contributed by atoms with E-state index in [1.54, 1.807) is 0 Å². The van der Waals surface area contributed by atoms with E-state index in [9.17, 15) is 9.90 Å². The molecule has 2 rings (SSSR count). The number of amides is 1. The van der Waals surface area contributed by atoms with Gasteiger partial charge in [-0.3, -0.25) is 4.79 Å². The Bertz CT molecular complexity index is 490. The molecule has 0 saturated heterocycles. The van der Waals surface area contributed by atoms with Gasteiger partial charge >= 0.3 is 0 Å². The second-order valence-corrected chi connectivity index (χ2v) is 5.07. The van der Waals surface area contributed by atoms with Gasteiger partial charge in [-0.05, 0) is 38.0 Å². The maximum atomic E-state index is 11.7. The zero-order valence-corrected chi connectivity index (χ0v) is 11.6. The summed E-state index contributed by atoms with van der Waals surface area (Å²) < 4.78 is 10.6. The van der Waals surface area contributed by atoms with Crippen LogP contribution in [0.4, 0.5) is 0 Å². The second-order valence-electron chi connectivity index (χ2n) is 5.07. The van der Waals surface area contributed by atoms with E-state index in [-0.39, 0.29) is 18.7 Å². The second kappa shape index (κ2) is 6.11. The van der Waals surface area contributed by atoms with E-state index in [2.05, 4.69) is 5.32 Å². The number of fused-ring (bicyclic) bond motifs is 1. The Morgan fingerprint density at radius 3 is 2.80 bits per heavy atom. The molecule has 1 aromatic rings. The van der Waals surface area contributed by atoms with Crippen molar-refractivity contribution in [3.8, 4) is 11.5 Å². The lowest BCUT2D eigenvalue weighted by Gasteiger charge is -2.19. The van der Waals surface area contributed by atoms with Crippen LogP contribution in [0.2, 0.25) is 0 Å². The van der Waals surface area contributed by atoms with E-state index >= 15 is 0 Å². The van der Waals surface area contributed by atoms with Crippen LogP contribution in [0.15, 0.2) is 18.2 Å². The van der Waals surface area contributed by atoms with Crippen molar-refractivity contribution in [3.63, 3.8) is 0 Å². The van der Waals surface area contributed by atoms with Gasteiger partial charge in [-0.1, -0.05) is 6.07 Å². The first-order chi connectivity index (χ1) is 9.47. The molecule has 0 fully saturated rings. The van der Waals surface area contributed by atoms with Gasteiger partial charge in [-0.25, -0.2) is 0 Å². The fourth-order valence-electron chi connectivity index (χ4n) is 2.03. The minimum Gasteiger partial charge on any atom is -0.454 e. The van der Waals surface area contributed by atoms with Crippen LogP contribution >= 0.6 is 0 Å². The monoisotopic (exact) mass is 280 g/mol. The minimum absolute atomic E-state index is 0.0901. The molecule has 6 heteroatoms. The van der Waals surface area contributed by atoms with Crippen molar-refractivity contribution < 1.29 is 19.4 Å². The summed E-state index contributed by atoms with van der Waals surface area (Å²) in [6.45, 7) is 3.62. The topological polar surface area (TPSA) is 93.8 Å². The van der Waals surface area contributed by atoms with Crippen molar-refractivity contribution in [1.29, 1.82) is 0 Å². The number of benzene rings is 1. The summed E-state index contributed by atoms with van der Waals surface area (Å²) in [5, 5.41) is 12.1. The first-order valence-corrected chi connectivity index (χ1v) is 6.60. The third-order valence-electron chi connectivity index (χ3n) is 3.19. The van der Waals surface area contributed by atoms with Crippen LogP contribution in [-0.4, -0.2) is 36.0 Å². The standard InChI is InChI=1S/C14H20N2O4/c1-8(16-14(18)13(15)9(2)17)5-10-3-4-11-12(6-10)20-7-19-11/h3-4,6,8-9,13,17H,5,7,15H2,1-2H3,(H,16,18). The summed E-state index contributed by atoms with van der Waals surface area (Å²) in [5.74, 6) is 1.11. The average molecular weight is 280 g/mol. The van der Waals surface area contributed by atoms with Gasteiger partial charge in [0.15, 0.2) is 11.5 Å². The van der Waals surface area contributed by atoms with Crippen LogP contribution in [0.5, 0.6) is 11.5 Å². The molecule has 0 saturated carbocycles. The van der Waals surface area contributed by atoms with Gasteiger partial charge in [0, 0.05) is 6.04 Å². The molecule has 20 heavy (non-hydrogen) atoms. The predicted molar refractivity (Wildman–Crippen MR) is 73.5 cm³/mol. The van der Waals surface area contributed by atoms with Crippen molar-refractivity contribution in [3.05, 3.63) is 23.8 Å². The third kappa shape index (κ3) is 3.40. The number of ether oxygens (including phenoxy) is 2. The Morgan fingerprint density at radius 1 is 1.40 bits per heavy atom. The van der Waals surface area contributed by atoms with Crippen LogP contribution in [0.1, 0.15) is 19.4 Å². The number of carbonyl (C=O) groups is 1. The molecule has 1 aromatic carbocycles. The molecule has 0 bridgehead atoms. The van der Waals surface area contributed by atoms with Crippen molar-refractivity contribution in [2.45, 2.75) is 38.5 Å². The van der Waals surface area contributed by atoms with E-state index in [1.807, 2.05) is 25.1 Å². The SMILES string of the molecule is CC(Cc1ccc2c(c1)OCO2)NC(=O)C(N)C(C)O. The summed E-state index contributed by atoms with van der Waals surface area (Å²) in [4.78, 5) is 11.7. The van der Waals surface area contributed by atoms with Gasteiger partial charge in [0.05, 0.1) is 6.10 Å². The van der Waals surface area contributed by atoms with Gasteiger partial charge in [0.1, 0.15) is 6.04 Å². The molecule has 3 unspecified atom stereocenters. The van der Waals surface area contributed by atoms with Crippen LogP contribution < -0.4 is 20.5 Å². The maximum absolute atomic E-state index is 11.7. The number of hydrogen-bond acceptors (Lipinski definition) is 5. The highest BCUT2D eigenvalue weighted by Gasteiger charge is 2.20. The van der Waals surface area contributed by atoms with E-state index in [0.717, 1.165) is 17.1 Å². The highest BCUT2D eigenvalue weighted by atomic mass is 16.7. The summed E-state index contributed by atoms with van der Waals surface area (Å²) in [7, 11) is 0. The normalized spacial score (nSPS) is 17.4. The number of carbonyl (C=O) groups excluding carboxylic acids is 1. The largest absolute Gasteiger partial charge is 0.454 e. The molecule has 0 aliphatic carbocycles. The summed E-state index contributed by atoms with van der Waals surface area (Å²) in [6, 6.07) is 4.69. The number of aliphatic hydroxyl groups excluding tert-OH is 1. The zero-order chi connectivity index (χ0) is 14.7. The lowest BCUT2D eigenvalue weighted by atomic mass is 10.1. The number of rotatable bonds is 5. The fourth-order valence-corrected chi connectivity index (χ4v) is 2.03. The molecule has 1 heterocycles. The van der Waals surface area contributed by atoms with Gasteiger partial charge < -0.3 is 25.6 Å². The Labute approximate surface area is 117 Å². The van der Waals surface area contributed by atoms with Crippen LogP contribution in [0.3, 0.4) is 0 Å². The van der Waals surface area contributed by atoms with Gasteiger partial charge in [-0.15, -0.1) is 0 Å². The van der Waals surface area contributed by atoms with Crippen molar-refractivity contribution >= 4 is 5.91 Å². The Morgan fingerprint density at radius 2 is 2.10 bits per heavy atom. The van der Waals surface area contributed by atoms with E-state index in [1.165, 1.54) is 6.92 Å². The molecule has 0 spiro atoms. The fraction of sp³-hybridized carbons (Fsp3) is 0.500. The molecule has 6 nitrogen and oxygen atoms in total. The molecule has 1 amide bonds. The van der Waals surface area contributed by atoms with Crippen LogP contribution in [0.25, 0.3) is 0 Å². The molecular weight excluding hydrogens is 260 g/mol. The molecule has 4 N–H and O–H groups in total. The van der Waals surface area contributed by atoms with Crippen LogP contribution in [0, 0.1) is 0 Å². The summed E-state index contributed by atoms with van der Waals surface area (Å²) >= 11 is 0. The number of nitrogens with one attached hydrogen (secondary N) is 1. The Hall–Kier alpha value is -1.79. The Balaban J connectivity index is 1.91. The molecule has 1 aliphatic heterocycles. The van der Waals surface area contributed by atoms with E-state index in [4.69, 9.17) is 15.2 Å². The van der Waals surface area contributed by atoms with Crippen molar-refractivity contribution in [1.82, 2.24) is 5.32 Å². The molecule has 3 atom stereocenters. The Kier molecular flexibility index (Phi) is 4.46. The molecule has 0 radical (unpaired) electrons. The number of hydrogen-bond donors (Lipinski definition) is 3. The predicted octanol–water partition coefficient (Wildman–Crippen LogP) is 0.171. The smallest absolute Gasteiger partial charge is 0.239 e. The minimum atomic E-state index is -0.908. The maximum Gasteiger partial charge on any atom is 0.239 e. The molecule has 1 aliphatic rings. The number of aliphatic hydroxyl groups is 1. The first-order valence-electron chi connectivity index (χ1n) is 6.60. The lowest BCUT2D eigenvalue weighted by Crippen LogP contribution is -2.50. The first kappa shape index (κ1) is 14.6. The van der Waals surface area contributed by atoms with Gasteiger partial charge in [0.2, 0.25) is 12.7 Å². The molecular formula is C14H20N2O4. The number of nitrogens with two attached hydrogens (primary N) is 1. The summed E-state index contributed by atoms with van der Waals surface area (Å²) in [5.41, 5.74) is 6.61. The third-order valence-corrected chi connectivity index (χ3v) is 3.19. The highest BCUT2D eigenvalue weighted by Crippen LogP contribution is 2.32. The quantitative estimate of drug-likeness (QED) is 0.715. The van der Waals surface area contributed by atoms with Crippen molar-refractivity contribution in [2.24, 2.45) is 5.73 Å². The van der Waals surface area contributed by atoms with Gasteiger partial charge in [-0.2, -0.15) is 0 Å². The van der Waals surface area contributed by atoms with Crippen molar-refractivity contribution in [2.75, 3.05) is 6.79 Å². The van der Waals surface area contributed by atoms with E-state index in [0.29, 0.717) is 6.42 Å². The van der Waals surface area contributed by atoms with Gasteiger partial charge in [0.25, 0.3) is 0 Å². The van der Waals surface area contributed by atoms with E-state index < -0.39 is 12.1 Å². The average Bonchev–Trinajstić information content (AvgIpc) is 2.84.